The first-order valence-electron chi connectivity index (χ1n) is 10.7. The Hall–Kier alpha value is -2.44. The maximum atomic E-state index is 13.1. The van der Waals surface area contributed by atoms with Crippen LogP contribution in [0.2, 0.25) is 0 Å². The van der Waals surface area contributed by atoms with E-state index in [1.54, 1.807) is 6.07 Å². The van der Waals surface area contributed by atoms with Crippen molar-refractivity contribution < 1.29 is 13.6 Å². The summed E-state index contributed by atoms with van der Waals surface area (Å²) >= 11 is 3.50. The predicted octanol–water partition coefficient (Wildman–Crippen LogP) is 6.77. The molecule has 162 valence electrons. The number of benzene rings is 2. The molecular formula is C25H26BrFN2O2. The van der Waals surface area contributed by atoms with Gasteiger partial charge in [-0.25, -0.2) is 4.39 Å². The zero-order valence-electron chi connectivity index (χ0n) is 17.3. The molecule has 4 nitrogen and oxygen atoms in total. The highest BCUT2D eigenvalue weighted by atomic mass is 79.9. The average molecular weight is 485 g/mol. The Kier molecular flexibility index (Phi) is 7.20. The van der Waals surface area contributed by atoms with Gasteiger partial charge < -0.3 is 9.73 Å². The minimum atomic E-state index is -0.341. The summed E-state index contributed by atoms with van der Waals surface area (Å²) in [7, 11) is 0. The monoisotopic (exact) mass is 484 g/mol. The fourth-order valence-corrected chi connectivity index (χ4v) is 4.36. The van der Waals surface area contributed by atoms with Crippen LogP contribution in [-0.2, 0) is 13.1 Å². The molecule has 0 radical (unpaired) electrons. The number of amides is 1. The lowest BCUT2D eigenvalue weighted by atomic mass is 9.93. The Bertz CT molecular complexity index is 995. The van der Waals surface area contributed by atoms with Crippen LogP contribution < -0.4 is 5.32 Å². The first kappa shape index (κ1) is 21.8. The predicted molar refractivity (Wildman–Crippen MR) is 123 cm³/mol. The largest absolute Gasteiger partial charge is 0.455 e. The summed E-state index contributed by atoms with van der Waals surface area (Å²) in [6, 6.07) is 18.2. The normalized spacial score (nSPS) is 14.7. The Labute approximate surface area is 190 Å². The molecule has 1 aliphatic carbocycles. The molecule has 1 heterocycles. The van der Waals surface area contributed by atoms with Crippen molar-refractivity contribution in [2.75, 3.05) is 5.32 Å². The number of halogens is 2. The third-order valence-electron chi connectivity index (χ3n) is 5.74. The molecule has 2 aromatic carbocycles. The lowest BCUT2D eigenvalue weighted by molar-refractivity contribution is 0.0985. The van der Waals surface area contributed by atoms with Crippen LogP contribution in [0, 0.1) is 5.82 Å². The number of furan rings is 1. The van der Waals surface area contributed by atoms with Crippen molar-refractivity contribution in [3.8, 4) is 0 Å². The summed E-state index contributed by atoms with van der Waals surface area (Å²) in [5.74, 6) is 0.348. The summed E-state index contributed by atoms with van der Waals surface area (Å²) in [4.78, 5) is 15.0. The highest BCUT2D eigenvalue weighted by Gasteiger charge is 2.23. The van der Waals surface area contributed by atoms with Crippen molar-refractivity contribution in [3.63, 3.8) is 0 Å². The molecule has 31 heavy (non-hydrogen) atoms. The minimum absolute atomic E-state index is 0.256. The van der Waals surface area contributed by atoms with E-state index in [0.717, 1.165) is 16.8 Å². The molecule has 1 N–H and O–H groups in total. The van der Waals surface area contributed by atoms with Crippen LogP contribution >= 0.6 is 15.9 Å². The van der Waals surface area contributed by atoms with E-state index in [9.17, 15) is 9.18 Å². The third-order valence-corrected chi connectivity index (χ3v) is 6.27. The van der Waals surface area contributed by atoms with Crippen LogP contribution in [0.25, 0.3) is 0 Å². The van der Waals surface area contributed by atoms with Crippen molar-refractivity contribution >= 4 is 27.5 Å². The molecule has 1 aliphatic rings. The Morgan fingerprint density at radius 2 is 1.68 bits per heavy atom. The van der Waals surface area contributed by atoms with Crippen LogP contribution in [0.4, 0.5) is 10.1 Å². The number of hydrogen-bond acceptors (Lipinski definition) is 3. The van der Waals surface area contributed by atoms with Gasteiger partial charge in [-0.05, 0) is 66.9 Å². The average Bonchev–Trinajstić information content (AvgIpc) is 3.26. The molecule has 0 atom stereocenters. The van der Waals surface area contributed by atoms with Gasteiger partial charge >= 0.3 is 0 Å². The summed E-state index contributed by atoms with van der Waals surface area (Å²) in [6.07, 6.45) is 6.19. The Morgan fingerprint density at radius 1 is 0.968 bits per heavy atom. The van der Waals surface area contributed by atoms with E-state index in [4.69, 9.17) is 4.42 Å². The van der Waals surface area contributed by atoms with E-state index in [0.29, 0.717) is 18.3 Å². The van der Waals surface area contributed by atoms with Gasteiger partial charge in [0, 0.05) is 22.7 Å². The van der Waals surface area contributed by atoms with Crippen molar-refractivity contribution in [2.45, 2.75) is 51.2 Å². The van der Waals surface area contributed by atoms with Crippen LogP contribution in [-0.4, -0.2) is 16.8 Å². The van der Waals surface area contributed by atoms with E-state index >= 15 is 0 Å². The van der Waals surface area contributed by atoms with Crippen molar-refractivity contribution in [1.29, 1.82) is 0 Å². The minimum Gasteiger partial charge on any atom is -0.455 e. The first-order valence-corrected chi connectivity index (χ1v) is 11.5. The van der Waals surface area contributed by atoms with Gasteiger partial charge in [0.25, 0.3) is 5.91 Å². The molecule has 1 aromatic heterocycles. The lowest BCUT2D eigenvalue weighted by Crippen LogP contribution is -2.35. The van der Waals surface area contributed by atoms with Crippen LogP contribution in [0.1, 0.15) is 54.0 Å². The van der Waals surface area contributed by atoms with Gasteiger partial charge in [0.1, 0.15) is 11.6 Å². The van der Waals surface area contributed by atoms with Crippen molar-refractivity contribution in [1.82, 2.24) is 4.90 Å². The summed E-state index contributed by atoms with van der Waals surface area (Å²) < 4.78 is 20.0. The molecular weight excluding hydrogens is 459 g/mol. The number of hydrogen-bond donors (Lipinski definition) is 1. The maximum Gasteiger partial charge on any atom is 0.291 e. The van der Waals surface area contributed by atoms with Crippen LogP contribution in [0.15, 0.2) is 69.6 Å². The zero-order valence-corrected chi connectivity index (χ0v) is 18.9. The standard InChI is InChI=1S/C25H26BrFN2O2/c26-19-8-6-18(7-9-19)16-29(22-4-2-1-3-5-22)17-23-14-15-24(31-23)25(30)28-21-12-10-20(27)11-13-21/h6-15,22H,1-5,16-17H2,(H,28,30). The Balaban J connectivity index is 1.45. The van der Waals surface area contributed by atoms with Gasteiger partial charge in [-0.15, -0.1) is 0 Å². The molecule has 0 bridgehead atoms. The lowest BCUT2D eigenvalue weighted by Gasteiger charge is -2.34. The fraction of sp³-hybridized carbons (Fsp3) is 0.320. The second-order valence-corrected chi connectivity index (χ2v) is 8.97. The second kappa shape index (κ2) is 10.2. The van der Waals surface area contributed by atoms with Crippen molar-refractivity contribution in [3.05, 3.63) is 88.0 Å². The highest BCUT2D eigenvalue weighted by molar-refractivity contribution is 9.10. The van der Waals surface area contributed by atoms with E-state index < -0.39 is 0 Å². The third kappa shape index (κ3) is 6.05. The topological polar surface area (TPSA) is 45.5 Å². The fourth-order valence-electron chi connectivity index (χ4n) is 4.10. The van der Waals surface area contributed by atoms with E-state index in [1.807, 2.05) is 6.07 Å². The zero-order chi connectivity index (χ0) is 21.6. The molecule has 0 saturated heterocycles. The quantitative estimate of drug-likeness (QED) is 0.402. The molecule has 0 unspecified atom stereocenters. The highest BCUT2D eigenvalue weighted by Crippen LogP contribution is 2.26. The van der Waals surface area contributed by atoms with Crippen molar-refractivity contribution in [2.24, 2.45) is 0 Å². The second-order valence-electron chi connectivity index (χ2n) is 8.05. The molecule has 1 amide bonds. The van der Waals surface area contributed by atoms with Gasteiger partial charge in [-0.1, -0.05) is 47.3 Å². The SMILES string of the molecule is O=C(Nc1ccc(F)cc1)c1ccc(CN(Cc2ccc(Br)cc2)C2CCCCC2)o1. The van der Waals surface area contributed by atoms with Crippen LogP contribution in [0.3, 0.4) is 0 Å². The number of nitrogens with zero attached hydrogens (tertiary/aromatic N) is 1. The first-order chi connectivity index (χ1) is 15.1. The van der Waals surface area contributed by atoms with Crippen LogP contribution in [0.5, 0.6) is 0 Å². The number of carbonyl (C=O) groups excluding carboxylic acids is 1. The van der Waals surface area contributed by atoms with E-state index in [1.165, 1.54) is 61.9 Å². The summed E-state index contributed by atoms with van der Waals surface area (Å²) in [5.41, 5.74) is 1.79. The maximum absolute atomic E-state index is 13.1. The van der Waals surface area contributed by atoms with Gasteiger partial charge in [-0.2, -0.15) is 0 Å². The summed E-state index contributed by atoms with van der Waals surface area (Å²) in [6.45, 7) is 1.50. The molecule has 0 spiro atoms. The summed E-state index contributed by atoms with van der Waals surface area (Å²) in [5, 5.41) is 2.74. The molecule has 1 saturated carbocycles. The Morgan fingerprint density at radius 3 is 2.39 bits per heavy atom. The molecule has 4 rings (SSSR count). The van der Waals surface area contributed by atoms with Gasteiger partial charge in [0.05, 0.1) is 6.54 Å². The number of carbonyl (C=O) groups is 1. The smallest absolute Gasteiger partial charge is 0.291 e. The van der Waals surface area contributed by atoms with Gasteiger partial charge in [0.15, 0.2) is 5.76 Å². The molecule has 3 aromatic rings. The van der Waals surface area contributed by atoms with E-state index in [2.05, 4.69) is 50.4 Å². The van der Waals surface area contributed by atoms with E-state index in [-0.39, 0.29) is 17.5 Å². The van der Waals surface area contributed by atoms with Gasteiger partial charge in [-0.3, -0.25) is 9.69 Å². The molecule has 0 aliphatic heterocycles. The van der Waals surface area contributed by atoms with Gasteiger partial charge in [0.2, 0.25) is 0 Å². The number of rotatable bonds is 7. The number of nitrogens with one attached hydrogen (secondary N) is 1. The molecule has 1 fully saturated rings. The number of anilines is 1. The molecule has 6 heteroatoms.